The second kappa shape index (κ2) is 6.02. The summed E-state index contributed by atoms with van der Waals surface area (Å²) in [4.78, 5) is 28.6. The van der Waals surface area contributed by atoms with Crippen LogP contribution in [0, 0.1) is 6.92 Å². The van der Waals surface area contributed by atoms with Crippen molar-refractivity contribution in [2.24, 2.45) is 0 Å². The van der Waals surface area contributed by atoms with E-state index in [1.807, 2.05) is 0 Å². The van der Waals surface area contributed by atoms with Crippen molar-refractivity contribution in [3.63, 3.8) is 0 Å². The molecule has 0 aliphatic carbocycles. The molecule has 1 atom stereocenters. The third-order valence-electron chi connectivity index (χ3n) is 3.54. The van der Waals surface area contributed by atoms with Gasteiger partial charge in [-0.2, -0.15) is 0 Å². The summed E-state index contributed by atoms with van der Waals surface area (Å²) in [5, 5.41) is 3.40. The SMILES string of the molecule is Cc1cc(=O)c(C(=O)N(C)CC2CCCCN2)c[nH]1. The van der Waals surface area contributed by atoms with Gasteiger partial charge in [-0.3, -0.25) is 9.59 Å². The quantitative estimate of drug-likeness (QED) is 0.851. The van der Waals surface area contributed by atoms with Gasteiger partial charge in [0.05, 0.1) is 0 Å². The first-order valence-electron chi connectivity index (χ1n) is 6.76. The van der Waals surface area contributed by atoms with Crippen LogP contribution in [0.2, 0.25) is 0 Å². The lowest BCUT2D eigenvalue weighted by atomic mass is 10.0. The number of carbonyl (C=O) groups is 1. The molecule has 0 spiro atoms. The Labute approximate surface area is 113 Å². The largest absolute Gasteiger partial charge is 0.364 e. The predicted octanol–water partition coefficient (Wildman–Crippen LogP) is 0.897. The van der Waals surface area contributed by atoms with Crippen LogP contribution in [-0.4, -0.2) is 42.0 Å². The fourth-order valence-corrected chi connectivity index (χ4v) is 2.44. The average molecular weight is 263 g/mol. The Balaban J connectivity index is 2.03. The summed E-state index contributed by atoms with van der Waals surface area (Å²) in [6, 6.07) is 1.80. The van der Waals surface area contributed by atoms with E-state index in [0.29, 0.717) is 12.6 Å². The first-order chi connectivity index (χ1) is 9.08. The van der Waals surface area contributed by atoms with E-state index in [0.717, 1.165) is 18.7 Å². The number of piperidine rings is 1. The van der Waals surface area contributed by atoms with Crippen LogP contribution >= 0.6 is 0 Å². The number of rotatable bonds is 3. The molecule has 5 nitrogen and oxygen atoms in total. The summed E-state index contributed by atoms with van der Waals surface area (Å²) >= 11 is 0. The van der Waals surface area contributed by atoms with Crippen molar-refractivity contribution in [2.75, 3.05) is 20.1 Å². The van der Waals surface area contributed by atoms with Crippen LogP contribution in [0.5, 0.6) is 0 Å². The zero-order valence-corrected chi connectivity index (χ0v) is 11.5. The van der Waals surface area contributed by atoms with Crippen LogP contribution in [0.15, 0.2) is 17.1 Å². The first-order valence-corrected chi connectivity index (χ1v) is 6.76. The lowest BCUT2D eigenvalue weighted by Gasteiger charge is -2.28. The normalized spacial score (nSPS) is 19.2. The number of aryl methyl sites for hydroxylation is 1. The lowest BCUT2D eigenvalue weighted by molar-refractivity contribution is 0.0773. The van der Waals surface area contributed by atoms with E-state index >= 15 is 0 Å². The van der Waals surface area contributed by atoms with Crippen LogP contribution in [-0.2, 0) is 0 Å². The molecule has 2 heterocycles. The van der Waals surface area contributed by atoms with Crippen LogP contribution in [0.4, 0.5) is 0 Å². The molecule has 1 aromatic rings. The maximum atomic E-state index is 12.2. The Morgan fingerprint density at radius 3 is 2.89 bits per heavy atom. The molecule has 0 aromatic carbocycles. The predicted molar refractivity (Wildman–Crippen MR) is 74.4 cm³/mol. The molecule has 2 rings (SSSR count). The summed E-state index contributed by atoms with van der Waals surface area (Å²) in [6.45, 7) is 3.45. The van der Waals surface area contributed by atoms with Crippen molar-refractivity contribution < 1.29 is 4.79 Å². The maximum Gasteiger partial charge on any atom is 0.259 e. The summed E-state index contributed by atoms with van der Waals surface area (Å²) in [7, 11) is 1.75. The number of hydrogen-bond acceptors (Lipinski definition) is 3. The Bertz CT molecular complexity index is 504. The fraction of sp³-hybridized carbons (Fsp3) is 0.571. The molecule has 1 fully saturated rings. The number of H-pyrrole nitrogens is 1. The van der Waals surface area contributed by atoms with Crippen LogP contribution in [0.3, 0.4) is 0 Å². The van der Waals surface area contributed by atoms with Crippen LogP contribution in [0.1, 0.15) is 35.3 Å². The number of carbonyl (C=O) groups excluding carboxylic acids is 1. The smallest absolute Gasteiger partial charge is 0.259 e. The number of pyridine rings is 1. The van der Waals surface area contributed by atoms with E-state index in [-0.39, 0.29) is 16.9 Å². The summed E-state index contributed by atoms with van der Waals surface area (Å²) in [5.74, 6) is -0.214. The van der Waals surface area contributed by atoms with Crippen LogP contribution in [0.25, 0.3) is 0 Å². The Morgan fingerprint density at radius 2 is 2.26 bits per heavy atom. The molecule has 0 bridgehead atoms. The molecule has 1 aromatic heterocycles. The molecule has 1 aliphatic rings. The van der Waals surface area contributed by atoms with Gasteiger partial charge in [0.25, 0.3) is 5.91 Å². The molecule has 0 radical (unpaired) electrons. The van der Waals surface area contributed by atoms with Gasteiger partial charge < -0.3 is 15.2 Å². The molecule has 19 heavy (non-hydrogen) atoms. The molecule has 1 aliphatic heterocycles. The van der Waals surface area contributed by atoms with Crippen molar-refractivity contribution in [3.8, 4) is 0 Å². The maximum absolute atomic E-state index is 12.2. The van der Waals surface area contributed by atoms with Crippen molar-refractivity contribution in [2.45, 2.75) is 32.2 Å². The van der Waals surface area contributed by atoms with Gasteiger partial charge >= 0.3 is 0 Å². The number of likely N-dealkylation sites (N-methyl/N-ethyl adjacent to an activating group) is 1. The molecule has 104 valence electrons. The third kappa shape index (κ3) is 3.44. The molecule has 1 unspecified atom stereocenters. The summed E-state index contributed by atoms with van der Waals surface area (Å²) in [6.07, 6.45) is 4.99. The summed E-state index contributed by atoms with van der Waals surface area (Å²) < 4.78 is 0. The van der Waals surface area contributed by atoms with Crippen molar-refractivity contribution in [3.05, 3.63) is 33.7 Å². The minimum Gasteiger partial charge on any atom is -0.364 e. The molecule has 5 heteroatoms. The minimum absolute atomic E-state index is 0.212. The molecular weight excluding hydrogens is 242 g/mol. The number of nitrogens with one attached hydrogen (secondary N) is 2. The van der Waals surface area contributed by atoms with Gasteiger partial charge in [-0.25, -0.2) is 0 Å². The highest BCUT2D eigenvalue weighted by Gasteiger charge is 2.20. The van der Waals surface area contributed by atoms with Gasteiger partial charge in [-0.05, 0) is 26.3 Å². The van der Waals surface area contributed by atoms with Gasteiger partial charge in [-0.1, -0.05) is 6.42 Å². The van der Waals surface area contributed by atoms with E-state index in [1.165, 1.54) is 25.1 Å². The van der Waals surface area contributed by atoms with E-state index in [2.05, 4.69) is 10.3 Å². The van der Waals surface area contributed by atoms with Crippen molar-refractivity contribution in [1.29, 1.82) is 0 Å². The van der Waals surface area contributed by atoms with E-state index in [4.69, 9.17) is 0 Å². The Morgan fingerprint density at radius 1 is 1.47 bits per heavy atom. The van der Waals surface area contributed by atoms with Crippen molar-refractivity contribution >= 4 is 5.91 Å². The highest BCUT2D eigenvalue weighted by molar-refractivity contribution is 5.93. The Kier molecular flexibility index (Phi) is 4.37. The average Bonchev–Trinajstić information content (AvgIpc) is 2.39. The Hall–Kier alpha value is -1.62. The number of nitrogens with zero attached hydrogens (tertiary/aromatic N) is 1. The minimum atomic E-state index is -0.218. The zero-order chi connectivity index (χ0) is 13.8. The molecule has 0 saturated carbocycles. The van der Waals surface area contributed by atoms with Crippen LogP contribution < -0.4 is 10.7 Å². The van der Waals surface area contributed by atoms with Gasteiger partial charge in [0, 0.05) is 37.6 Å². The van der Waals surface area contributed by atoms with E-state index in [1.54, 1.807) is 18.9 Å². The highest BCUT2D eigenvalue weighted by Crippen LogP contribution is 2.09. The molecule has 1 amide bonds. The third-order valence-corrected chi connectivity index (χ3v) is 3.54. The highest BCUT2D eigenvalue weighted by atomic mass is 16.2. The first kappa shape index (κ1) is 13.8. The molecule has 1 saturated heterocycles. The second-order valence-corrected chi connectivity index (χ2v) is 5.23. The standard InChI is InChI=1S/C14H21N3O2/c1-10-7-13(18)12(8-16-10)14(19)17(2)9-11-5-3-4-6-15-11/h7-8,11,15H,3-6,9H2,1-2H3,(H,16,18). The topological polar surface area (TPSA) is 65.2 Å². The van der Waals surface area contributed by atoms with E-state index in [9.17, 15) is 9.59 Å². The number of aromatic nitrogens is 1. The van der Waals surface area contributed by atoms with Gasteiger partial charge in [0.15, 0.2) is 5.43 Å². The number of hydrogen-bond donors (Lipinski definition) is 2. The monoisotopic (exact) mass is 263 g/mol. The zero-order valence-electron chi connectivity index (χ0n) is 11.5. The van der Waals surface area contributed by atoms with Gasteiger partial charge in [-0.15, -0.1) is 0 Å². The number of amides is 1. The van der Waals surface area contributed by atoms with Crippen molar-refractivity contribution in [1.82, 2.24) is 15.2 Å². The molecule has 2 N–H and O–H groups in total. The van der Waals surface area contributed by atoms with Gasteiger partial charge in [0.1, 0.15) is 5.56 Å². The number of aromatic amines is 1. The molecular formula is C14H21N3O2. The summed E-state index contributed by atoms with van der Waals surface area (Å²) in [5.41, 5.74) is 0.756. The fourth-order valence-electron chi connectivity index (χ4n) is 2.44. The lowest BCUT2D eigenvalue weighted by Crippen LogP contribution is -2.45. The van der Waals surface area contributed by atoms with E-state index < -0.39 is 0 Å². The second-order valence-electron chi connectivity index (χ2n) is 5.23. The van der Waals surface area contributed by atoms with Gasteiger partial charge in [0.2, 0.25) is 0 Å².